The maximum Gasteiger partial charge on any atom is 0.194 e. The smallest absolute Gasteiger partial charge is 0.194 e. The van der Waals surface area contributed by atoms with E-state index in [1.807, 2.05) is 44.2 Å². The highest BCUT2D eigenvalue weighted by atomic mass is 32.2. The number of pyridine rings is 1. The van der Waals surface area contributed by atoms with Crippen molar-refractivity contribution in [3.8, 4) is 6.07 Å². The second kappa shape index (κ2) is 5.51. The zero-order valence-electron chi connectivity index (χ0n) is 11.7. The average Bonchev–Trinajstić information content (AvgIpc) is 2.45. The summed E-state index contributed by atoms with van der Waals surface area (Å²) in [5.41, 5.74) is 3.27. The lowest BCUT2D eigenvalue weighted by atomic mass is 10.1. The molecular weight excluding hydrogens is 280 g/mol. The molecular formula is C16H12N4S. The van der Waals surface area contributed by atoms with Gasteiger partial charge in [-0.05, 0) is 43.8 Å². The monoisotopic (exact) mass is 292 g/mol. The third-order valence-electron chi connectivity index (χ3n) is 2.97. The normalized spacial score (nSPS) is 10.5. The molecule has 5 heteroatoms. The fraction of sp³-hybridized carbons (Fsp3) is 0.125. The first-order valence-corrected chi connectivity index (χ1v) is 7.27. The molecule has 0 aliphatic carbocycles. The molecule has 0 amide bonds. The van der Waals surface area contributed by atoms with Crippen LogP contribution < -0.4 is 0 Å². The number of nitriles is 1. The van der Waals surface area contributed by atoms with Gasteiger partial charge in [-0.2, -0.15) is 5.26 Å². The fourth-order valence-electron chi connectivity index (χ4n) is 2.13. The van der Waals surface area contributed by atoms with Crippen LogP contribution in [-0.4, -0.2) is 15.0 Å². The SMILES string of the molecule is Cc1cc(C)nc(Sc2cc(C#N)c3ccccc3n2)n1. The Morgan fingerprint density at radius 1 is 1.00 bits per heavy atom. The van der Waals surface area contributed by atoms with Crippen LogP contribution in [0.2, 0.25) is 0 Å². The number of para-hydroxylation sites is 1. The molecule has 0 aliphatic rings. The molecule has 0 saturated heterocycles. The van der Waals surface area contributed by atoms with Gasteiger partial charge in [-0.15, -0.1) is 0 Å². The summed E-state index contributed by atoms with van der Waals surface area (Å²) in [7, 11) is 0. The Kier molecular flexibility index (Phi) is 3.55. The summed E-state index contributed by atoms with van der Waals surface area (Å²) >= 11 is 1.38. The van der Waals surface area contributed by atoms with Gasteiger partial charge in [0.25, 0.3) is 0 Å². The molecule has 0 N–H and O–H groups in total. The molecule has 0 aliphatic heterocycles. The lowest BCUT2D eigenvalue weighted by Crippen LogP contribution is -1.94. The predicted molar refractivity (Wildman–Crippen MR) is 82.1 cm³/mol. The van der Waals surface area contributed by atoms with E-state index in [2.05, 4.69) is 21.0 Å². The van der Waals surface area contributed by atoms with E-state index in [9.17, 15) is 5.26 Å². The molecule has 0 atom stereocenters. The van der Waals surface area contributed by atoms with Gasteiger partial charge in [0, 0.05) is 16.8 Å². The van der Waals surface area contributed by atoms with Gasteiger partial charge in [0.15, 0.2) is 5.16 Å². The molecule has 102 valence electrons. The van der Waals surface area contributed by atoms with E-state index in [1.54, 1.807) is 6.07 Å². The maximum absolute atomic E-state index is 9.30. The first-order chi connectivity index (χ1) is 10.2. The van der Waals surface area contributed by atoms with E-state index >= 15 is 0 Å². The standard InChI is InChI=1S/C16H12N4S/c1-10-7-11(2)19-16(18-10)21-15-8-12(9-17)13-5-3-4-6-14(13)20-15/h3-8H,1-2H3. The van der Waals surface area contributed by atoms with Crippen LogP contribution in [-0.2, 0) is 0 Å². The Morgan fingerprint density at radius 3 is 2.43 bits per heavy atom. The van der Waals surface area contributed by atoms with Gasteiger partial charge in [0.2, 0.25) is 0 Å². The van der Waals surface area contributed by atoms with E-state index in [1.165, 1.54) is 11.8 Å². The van der Waals surface area contributed by atoms with Crippen molar-refractivity contribution in [2.24, 2.45) is 0 Å². The van der Waals surface area contributed by atoms with Gasteiger partial charge in [-0.3, -0.25) is 0 Å². The Labute approximate surface area is 126 Å². The quantitative estimate of drug-likeness (QED) is 0.674. The molecule has 3 rings (SSSR count). The first-order valence-electron chi connectivity index (χ1n) is 6.46. The van der Waals surface area contributed by atoms with Crippen molar-refractivity contribution >= 4 is 22.7 Å². The first kappa shape index (κ1) is 13.5. The van der Waals surface area contributed by atoms with Gasteiger partial charge in [0.05, 0.1) is 17.1 Å². The molecule has 0 spiro atoms. The van der Waals surface area contributed by atoms with Crippen molar-refractivity contribution < 1.29 is 0 Å². The largest absolute Gasteiger partial charge is 0.241 e. The fourth-order valence-corrected chi connectivity index (χ4v) is 3.02. The van der Waals surface area contributed by atoms with Gasteiger partial charge >= 0.3 is 0 Å². The summed E-state index contributed by atoms with van der Waals surface area (Å²) in [4.78, 5) is 13.4. The molecule has 2 heterocycles. The molecule has 21 heavy (non-hydrogen) atoms. The molecule has 0 unspecified atom stereocenters. The molecule has 2 aromatic heterocycles. The lowest BCUT2D eigenvalue weighted by molar-refractivity contribution is 0.899. The zero-order chi connectivity index (χ0) is 14.8. The number of rotatable bonds is 2. The Morgan fingerprint density at radius 2 is 1.71 bits per heavy atom. The molecule has 1 aromatic carbocycles. The number of nitrogens with zero attached hydrogens (tertiary/aromatic N) is 4. The van der Waals surface area contributed by atoms with Crippen LogP contribution in [0.1, 0.15) is 17.0 Å². The minimum atomic E-state index is 0.618. The summed E-state index contributed by atoms with van der Waals surface area (Å²) in [5, 5.41) is 11.5. The topological polar surface area (TPSA) is 62.5 Å². The minimum Gasteiger partial charge on any atom is -0.241 e. The molecule has 0 fully saturated rings. The van der Waals surface area contributed by atoms with E-state index in [0.29, 0.717) is 10.7 Å². The number of aromatic nitrogens is 3. The number of hydrogen-bond acceptors (Lipinski definition) is 5. The van der Waals surface area contributed by atoms with Gasteiger partial charge in [0.1, 0.15) is 5.03 Å². The van der Waals surface area contributed by atoms with E-state index in [0.717, 1.165) is 27.3 Å². The highest BCUT2D eigenvalue weighted by Crippen LogP contribution is 2.27. The Balaban J connectivity index is 2.07. The summed E-state index contributed by atoms with van der Waals surface area (Å²) < 4.78 is 0. The van der Waals surface area contributed by atoms with Gasteiger partial charge in [-0.1, -0.05) is 18.2 Å². The molecule has 4 nitrogen and oxygen atoms in total. The predicted octanol–water partition coefficient (Wildman–Crippen LogP) is 3.66. The minimum absolute atomic E-state index is 0.618. The van der Waals surface area contributed by atoms with Crippen molar-refractivity contribution in [3.05, 3.63) is 53.3 Å². The average molecular weight is 292 g/mol. The lowest BCUT2D eigenvalue weighted by Gasteiger charge is -2.05. The second-order valence-electron chi connectivity index (χ2n) is 4.67. The second-order valence-corrected chi connectivity index (χ2v) is 5.66. The van der Waals surface area contributed by atoms with E-state index in [-0.39, 0.29) is 0 Å². The van der Waals surface area contributed by atoms with Crippen LogP contribution in [0.3, 0.4) is 0 Å². The van der Waals surface area contributed by atoms with Crippen molar-refractivity contribution in [3.63, 3.8) is 0 Å². The zero-order valence-corrected chi connectivity index (χ0v) is 12.5. The number of hydrogen-bond donors (Lipinski definition) is 0. The summed E-state index contributed by atoms with van der Waals surface area (Å²) in [6.07, 6.45) is 0. The maximum atomic E-state index is 9.30. The van der Waals surface area contributed by atoms with Gasteiger partial charge in [-0.25, -0.2) is 15.0 Å². The molecule has 3 aromatic rings. The molecule has 0 bridgehead atoms. The van der Waals surface area contributed by atoms with Crippen molar-refractivity contribution in [2.75, 3.05) is 0 Å². The Hall–Kier alpha value is -2.45. The Bertz CT molecular complexity index is 848. The van der Waals surface area contributed by atoms with Crippen molar-refractivity contribution in [2.45, 2.75) is 24.0 Å². The third-order valence-corrected chi connectivity index (χ3v) is 3.75. The number of fused-ring (bicyclic) bond motifs is 1. The summed E-state index contributed by atoms with van der Waals surface area (Å²) in [5.74, 6) is 0. The third kappa shape index (κ3) is 2.86. The van der Waals surface area contributed by atoms with E-state index in [4.69, 9.17) is 0 Å². The van der Waals surface area contributed by atoms with Crippen LogP contribution in [0.4, 0.5) is 0 Å². The summed E-state index contributed by atoms with van der Waals surface area (Å²) in [6, 6.07) is 13.6. The van der Waals surface area contributed by atoms with Gasteiger partial charge < -0.3 is 0 Å². The molecule has 0 saturated carbocycles. The van der Waals surface area contributed by atoms with Crippen LogP contribution in [0.5, 0.6) is 0 Å². The number of benzene rings is 1. The van der Waals surface area contributed by atoms with Crippen LogP contribution in [0.25, 0.3) is 10.9 Å². The van der Waals surface area contributed by atoms with Crippen LogP contribution in [0.15, 0.2) is 46.6 Å². The molecule has 0 radical (unpaired) electrons. The van der Waals surface area contributed by atoms with Crippen LogP contribution >= 0.6 is 11.8 Å². The highest BCUT2D eigenvalue weighted by Gasteiger charge is 2.08. The number of aryl methyl sites for hydroxylation is 2. The highest BCUT2D eigenvalue weighted by molar-refractivity contribution is 7.99. The summed E-state index contributed by atoms with van der Waals surface area (Å²) in [6.45, 7) is 3.88. The van der Waals surface area contributed by atoms with Crippen LogP contribution in [0, 0.1) is 25.2 Å². The van der Waals surface area contributed by atoms with E-state index < -0.39 is 0 Å². The van der Waals surface area contributed by atoms with Crippen molar-refractivity contribution in [1.82, 2.24) is 15.0 Å². The van der Waals surface area contributed by atoms with Crippen molar-refractivity contribution in [1.29, 1.82) is 5.26 Å².